The van der Waals surface area contributed by atoms with Crippen LogP contribution in [0.25, 0.3) is 0 Å². The van der Waals surface area contributed by atoms with Gasteiger partial charge in [0.1, 0.15) is 0 Å². The van der Waals surface area contributed by atoms with Crippen molar-refractivity contribution >= 4 is 10.1 Å². The molecule has 0 aliphatic carbocycles. The predicted molar refractivity (Wildman–Crippen MR) is 67.4 cm³/mol. The molecule has 0 N–H and O–H groups in total. The summed E-state index contributed by atoms with van der Waals surface area (Å²) in [5.41, 5.74) is 0. The van der Waals surface area contributed by atoms with Crippen LogP contribution in [-0.4, -0.2) is 39.6 Å². The van der Waals surface area contributed by atoms with Crippen LogP contribution in [0.1, 0.15) is 13.8 Å². The van der Waals surface area contributed by atoms with Crippen LogP contribution >= 0.6 is 0 Å². The zero-order valence-electron chi connectivity index (χ0n) is 10.3. The molecule has 1 aromatic carbocycles. The molecular weight excluding hydrogens is 238 g/mol. The Labute approximate surface area is 103 Å². The van der Waals surface area contributed by atoms with Crippen molar-refractivity contribution in [3.63, 3.8) is 0 Å². The second kappa shape index (κ2) is 6.74. The Morgan fingerprint density at radius 3 is 2.24 bits per heavy atom. The molecule has 0 amide bonds. The zero-order valence-corrected chi connectivity index (χ0v) is 11.1. The van der Waals surface area contributed by atoms with Gasteiger partial charge in [0, 0.05) is 6.54 Å². The quantitative estimate of drug-likeness (QED) is 0.698. The molecule has 0 atom stereocenters. The molecular formula is C12H19NO3S. The van der Waals surface area contributed by atoms with Crippen LogP contribution in [0.3, 0.4) is 0 Å². The summed E-state index contributed by atoms with van der Waals surface area (Å²) in [6.07, 6.45) is 0. The molecule has 4 nitrogen and oxygen atoms in total. The van der Waals surface area contributed by atoms with Crippen molar-refractivity contribution in [2.75, 3.05) is 26.2 Å². The van der Waals surface area contributed by atoms with E-state index in [1.807, 2.05) is 13.8 Å². The Bertz CT molecular complexity index is 413. The monoisotopic (exact) mass is 257 g/mol. The Balaban J connectivity index is 2.52. The van der Waals surface area contributed by atoms with E-state index in [9.17, 15) is 8.42 Å². The highest BCUT2D eigenvalue weighted by molar-refractivity contribution is 7.86. The maximum Gasteiger partial charge on any atom is 0.297 e. The largest absolute Gasteiger partial charge is 0.302 e. The van der Waals surface area contributed by atoms with Crippen molar-refractivity contribution in [1.82, 2.24) is 4.90 Å². The van der Waals surface area contributed by atoms with E-state index in [1.54, 1.807) is 18.2 Å². The van der Waals surface area contributed by atoms with Gasteiger partial charge in [-0.3, -0.25) is 4.18 Å². The van der Waals surface area contributed by atoms with Gasteiger partial charge in [0.15, 0.2) is 0 Å². The molecule has 5 heteroatoms. The predicted octanol–water partition coefficient (Wildman–Crippen LogP) is 1.73. The fourth-order valence-electron chi connectivity index (χ4n) is 1.47. The molecule has 17 heavy (non-hydrogen) atoms. The van der Waals surface area contributed by atoms with E-state index in [2.05, 4.69) is 4.90 Å². The van der Waals surface area contributed by atoms with Crippen LogP contribution in [0, 0.1) is 0 Å². The summed E-state index contributed by atoms with van der Waals surface area (Å²) in [5.74, 6) is 0. The van der Waals surface area contributed by atoms with Crippen molar-refractivity contribution in [3.8, 4) is 0 Å². The third-order valence-electron chi connectivity index (χ3n) is 2.57. The van der Waals surface area contributed by atoms with E-state index < -0.39 is 10.1 Å². The lowest BCUT2D eigenvalue weighted by atomic mass is 10.4. The minimum atomic E-state index is -3.60. The van der Waals surface area contributed by atoms with Crippen LogP contribution in [0.2, 0.25) is 0 Å². The van der Waals surface area contributed by atoms with Gasteiger partial charge in [-0.1, -0.05) is 32.0 Å². The van der Waals surface area contributed by atoms with Crippen molar-refractivity contribution in [2.45, 2.75) is 18.7 Å². The highest BCUT2D eigenvalue weighted by Gasteiger charge is 2.14. The average Bonchev–Trinajstić information content (AvgIpc) is 2.36. The Kier molecular flexibility index (Phi) is 5.61. The second-order valence-electron chi connectivity index (χ2n) is 3.62. The molecule has 0 aliphatic rings. The topological polar surface area (TPSA) is 46.6 Å². The second-order valence-corrected chi connectivity index (χ2v) is 5.23. The van der Waals surface area contributed by atoms with Crippen molar-refractivity contribution in [3.05, 3.63) is 30.3 Å². The molecule has 0 spiro atoms. The molecule has 0 bridgehead atoms. The van der Waals surface area contributed by atoms with Gasteiger partial charge in [-0.15, -0.1) is 0 Å². The molecule has 0 saturated carbocycles. The third kappa shape index (κ3) is 4.46. The molecule has 0 radical (unpaired) electrons. The number of hydrogen-bond donors (Lipinski definition) is 0. The number of nitrogens with zero attached hydrogens (tertiary/aromatic N) is 1. The summed E-state index contributed by atoms with van der Waals surface area (Å²) in [6.45, 7) is 6.68. The van der Waals surface area contributed by atoms with Crippen LogP contribution in [-0.2, 0) is 14.3 Å². The number of likely N-dealkylation sites (N-methyl/N-ethyl adjacent to an activating group) is 1. The van der Waals surface area contributed by atoms with Gasteiger partial charge in [0.05, 0.1) is 11.5 Å². The van der Waals surface area contributed by atoms with Crippen molar-refractivity contribution < 1.29 is 12.6 Å². The first-order chi connectivity index (χ1) is 8.10. The van der Waals surface area contributed by atoms with Gasteiger partial charge in [0.25, 0.3) is 10.1 Å². The summed E-state index contributed by atoms with van der Waals surface area (Å²) in [7, 11) is -3.60. The molecule has 1 aromatic rings. The fourth-order valence-corrected chi connectivity index (χ4v) is 2.39. The third-order valence-corrected chi connectivity index (χ3v) is 3.90. The Morgan fingerprint density at radius 1 is 1.12 bits per heavy atom. The maximum atomic E-state index is 11.7. The molecule has 0 fully saturated rings. The van der Waals surface area contributed by atoms with Crippen LogP contribution in [0.15, 0.2) is 35.2 Å². The van der Waals surface area contributed by atoms with Gasteiger partial charge < -0.3 is 4.90 Å². The highest BCUT2D eigenvalue weighted by Crippen LogP contribution is 2.10. The first-order valence-electron chi connectivity index (χ1n) is 5.77. The molecule has 0 saturated heterocycles. The molecule has 1 rings (SSSR count). The highest BCUT2D eigenvalue weighted by atomic mass is 32.2. The van der Waals surface area contributed by atoms with Gasteiger partial charge >= 0.3 is 0 Å². The van der Waals surface area contributed by atoms with E-state index in [4.69, 9.17) is 4.18 Å². The van der Waals surface area contributed by atoms with Gasteiger partial charge in [-0.05, 0) is 25.2 Å². The van der Waals surface area contributed by atoms with E-state index in [0.717, 1.165) is 13.1 Å². The smallest absolute Gasteiger partial charge is 0.297 e. The van der Waals surface area contributed by atoms with Gasteiger partial charge in [-0.2, -0.15) is 8.42 Å². The van der Waals surface area contributed by atoms with Crippen LogP contribution in [0.4, 0.5) is 0 Å². The minimum Gasteiger partial charge on any atom is -0.302 e. The minimum absolute atomic E-state index is 0.193. The molecule has 96 valence electrons. The number of benzene rings is 1. The lowest BCUT2D eigenvalue weighted by Crippen LogP contribution is -2.27. The fraction of sp³-hybridized carbons (Fsp3) is 0.500. The van der Waals surface area contributed by atoms with E-state index >= 15 is 0 Å². The summed E-state index contributed by atoms with van der Waals surface area (Å²) in [5, 5.41) is 0. The van der Waals surface area contributed by atoms with E-state index in [1.165, 1.54) is 12.1 Å². The lowest BCUT2D eigenvalue weighted by molar-refractivity contribution is 0.226. The SMILES string of the molecule is CCN(CC)CCOS(=O)(=O)c1ccccc1. The number of hydrogen-bond acceptors (Lipinski definition) is 4. The summed E-state index contributed by atoms with van der Waals surface area (Å²) < 4.78 is 28.5. The standard InChI is InChI=1S/C12H19NO3S/c1-3-13(4-2)10-11-16-17(14,15)12-8-6-5-7-9-12/h5-9H,3-4,10-11H2,1-2H3. The normalized spacial score (nSPS) is 11.9. The first-order valence-corrected chi connectivity index (χ1v) is 7.17. The Hall–Kier alpha value is -0.910. The van der Waals surface area contributed by atoms with E-state index in [-0.39, 0.29) is 11.5 Å². The molecule has 0 aliphatic heterocycles. The summed E-state index contributed by atoms with van der Waals surface area (Å²) in [6, 6.07) is 8.20. The number of rotatable bonds is 7. The van der Waals surface area contributed by atoms with Crippen LogP contribution in [0.5, 0.6) is 0 Å². The van der Waals surface area contributed by atoms with Gasteiger partial charge in [-0.25, -0.2) is 0 Å². The van der Waals surface area contributed by atoms with E-state index in [0.29, 0.717) is 6.54 Å². The van der Waals surface area contributed by atoms with Crippen molar-refractivity contribution in [2.24, 2.45) is 0 Å². The van der Waals surface area contributed by atoms with Gasteiger partial charge in [0.2, 0.25) is 0 Å². The van der Waals surface area contributed by atoms with Crippen LogP contribution < -0.4 is 0 Å². The lowest BCUT2D eigenvalue weighted by Gasteiger charge is -2.17. The zero-order chi connectivity index (χ0) is 12.7. The average molecular weight is 257 g/mol. The van der Waals surface area contributed by atoms with Crippen molar-refractivity contribution in [1.29, 1.82) is 0 Å². The first kappa shape index (κ1) is 14.2. The molecule has 0 unspecified atom stereocenters. The Morgan fingerprint density at radius 2 is 1.71 bits per heavy atom. The molecule has 0 aromatic heterocycles. The molecule has 0 heterocycles. The maximum absolute atomic E-state index is 11.7. The summed E-state index contributed by atoms with van der Waals surface area (Å²) >= 11 is 0. The summed E-state index contributed by atoms with van der Waals surface area (Å²) in [4.78, 5) is 2.32.